The van der Waals surface area contributed by atoms with Crippen LogP contribution >= 0.6 is 0 Å². The molecule has 1 nitrogen and oxygen atoms in total. The largest absolute Gasteiger partial charge is 0.389 e. The van der Waals surface area contributed by atoms with Gasteiger partial charge in [0.25, 0.3) is 0 Å². The molecule has 1 N–H and O–H groups in total. The van der Waals surface area contributed by atoms with Crippen LogP contribution in [0.15, 0.2) is 22.9 Å². The first-order chi connectivity index (χ1) is 6.29. The monoisotopic (exact) mass is 195 g/mol. The van der Waals surface area contributed by atoms with Crippen molar-refractivity contribution < 1.29 is 0 Å². The maximum absolute atomic E-state index is 3.31. The SMILES string of the molecule is CCN/C(C)=C\C(C)=C(/C)C(C)(C)C. The van der Waals surface area contributed by atoms with Crippen LogP contribution in [0.4, 0.5) is 0 Å². The lowest BCUT2D eigenvalue weighted by molar-refractivity contribution is 0.500. The number of rotatable bonds is 3. The molecule has 1 heteroatoms. The Morgan fingerprint density at radius 2 is 1.64 bits per heavy atom. The zero-order valence-electron chi connectivity index (χ0n) is 10.8. The van der Waals surface area contributed by atoms with Gasteiger partial charge in [-0.3, -0.25) is 0 Å². The molecule has 0 fully saturated rings. The van der Waals surface area contributed by atoms with E-state index in [1.54, 1.807) is 0 Å². The molecule has 14 heavy (non-hydrogen) atoms. The zero-order chi connectivity index (χ0) is 11.4. The molecule has 0 aromatic carbocycles. The average molecular weight is 195 g/mol. The third-order valence-electron chi connectivity index (χ3n) is 2.61. The van der Waals surface area contributed by atoms with Gasteiger partial charge in [0.2, 0.25) is 0 Å². The Kier molecular flexibility index (Phi) is 4.96. The van der Waals surface area contributed by atoms with E-state index in [0.29, 0.717) is 0 Å². The Balaban J connectivity index is 4.76. The van der Waals surface area contributed by atoms with E-state index in [-0.39, 0.29) is 5.41 Å². The van der Waals surface area contributed by atoms with Crippen LogP contribution in [-0.4, -0.2) is 6.54 Å². The van der Waals surface area contributed by atoms with Gasteiger partial charge in [0, 0.05) is 12.2 Å². The van der Waals surface area contributed by atoms with Crippen molar-refractivity contribution >= 4 is 0 Å². The molecule has 0 aromatic rings. The maximum Gasteiger partial charge on any atom is 0.0115 e. The first kappa shape index (κ1) is 13.3. The van der Waals surface area contributed by atoms with Gasteiger partial charge in [-0.25, -0.2) is 0 Å². The van der Waals surface area contributed by atoms with Gasteiger partial charge >= 0.3 is 0 Å². The number of hydrogen-bond donors (Lipinski definition) is 1. The molecule has 0 heterocycles. The van der Waals surface area contributed by atoms with Gasteiger partial charge in [0.1, 0.15) is 0 Å². The molecular weight excluding hydrogens is 170 g/mol. The summed E-state index contributed by atoms with van der Waals surface area (Å²) in [6, 6.07) is 0. The smallest absolute Gasteiger partial charge is 0.0115 e. The molecular formula is C13H25N. The van der Waals surface area contributed by atoms with Gasteiger partial charge in [0.15, 0.2) is 0 Å². The van der Waals surface area contributed by atoms with Crippen LogP contribution < -0.4 is 5.32 Å². The van der Waals surface area contributed by atoms with Gasteiger partial charge in [-0.15, -0.1) is 0 Å². The molecule has 0 saturated heterocycles. The third kappa shape index (κ3) is 4.50. The van der Waals surface area contributed by atoms with Crippen molar-refractivity contribution in [2.75, 3.05) is 6.54 Å². The number of hydrogen-bond acceptors (Lipinski definition) is 1. The van der Waals surface area contributed by atoms with Crippen LogP contribution in [0.25, 0.3) is 0 Å². The molecule has 0 unspecified atom stereocenters. The summed E-state index contributed by atoms with van der Waals surface area (Å²) in [6.45, 7) is 16.4. The summed E-state index contributed by atoms with van der Waals surface area (Å²) < 4.78 is 0. The standard InChI is InChI=1S/C13H25N/c1-8-14-11(3)9-10(2)12(4)13(5,6)7/h9,14H,8H2,1-7H3/b11-9-,12-10+. The second-order valence-corrected chi connectivity index (χ2v) is 4.92. The normalized spacial score (nSPS) is 15.2. The van der Waals surface area contributed by atoms with E-state index < -0.39 is 0 Å². The molecule has 0 saturated carbocycles. The molecule has 0 atom stereocenters. The molecule has 0 bridgehead atoms. The molecule has 0 rings (SSSR count). The minimum atomic E-state index is 0.271. The van der Waals surface area contributed by atoms with Crippen molar-refractivity contribution in [3.63, 3.8) is 0 Å². The second kappa shape index (κ2) is 5.23. The quantitative estimate of drug-likeness (QED) is 0.674. The minimum Gasteiger partial charge on any atom is -0.389 e. The fraction of sp³-hybridized carbons (Fsp3) is 0.692. The van der Waals surface area contributed by atoms with E-state index in [1.807, 2.05) is 0 Å². The topological polar surface area (TPSA) is 12.0 Å². The Morgan fingerprint density at radius 3 is 2.00 bits per heavy atom. The molecule has 0 aliphatic heterocycles. The first-order valence-electron chi connectivity index (χ1n) is 5.39. The summed E-state index contributed by atoms with van der Waals surface area (Å²) in [5, 5.41) is 3.31. The van der Waals surface area contributed by atoms with Crippen molar-refractivity contribution in [2.45, 2.75) is 48.5 Å². The number of nitrogens with one attached hydrogen (secondary N) is 1. The third-order valence-corrected chi connectivity index (χ3v) is 2.61. The van der Waals surface area contributed by atoms with Crippen molar-refractivity contribution in [1.82, 2.24) is 5.32 Å². The molecule has 82 valence electrons. The Hall–Kier alpha value is -0.720. The van der Waals surface area contributed by atoms with E-state index in [2.05, 4.69) is 59.9 Å². The summed E-state index contributed by atoms with van der Waals surface area (Å²) in [5.41, 5.74) is 4.34. The predicted molar refractivity (Wildman–Crippen MR) is 65.3 cm³/mol. The van der Waals surface area contributed by atoms with Gasteiger partial charge in [-0.1, -0.05) is 26.3 Å². The lowest BCUT2D eigenvalue weighted by atomic mass is 9.84. The van der Waals surface area contributed by atoms with Gasteiger partial charge in [-0.05, 0) is 44.8 Å². The fourth-order valence-electron chi connectivity index (χ4n) is 1.35. The molecule has 0 aliphatic carbocycles. The van der Waals surface area contributed by atoms with E-state index in [9.17, 15) is 0 Å². The highest BCUT2D eigenvalue weighted by molar-refractivity contribution is 5.28. The van der Waals surface area contributed by atoms with Gasteiger partial charge in [-0.2, -0.15) is 0 Å². The zero-order valence-corrected chi connectivity index (χ0v) is 10.8. The van der Waals surface area contributed by atoms with Gasteiger partial charge in [0.05, 0.1) is 0 Å². The molecule has 0 spiro atoms. The first-order valence-corrected chi connectivity index (χ1v) is 5.39. The minimum absolute atomic E-state index is 0.271. The Morgan fingerprint density at radius 1 is 1.14 bits per heavy atom. The highest BCUT2D eigenvalue weighted by atomic mass is 14.9. The highest BCUT2D eigenvalue weighted by Gasteiger charge is 2.13. The molecule has 0 aliphatic rings. The summed E-state index contributed by atoms with van der Waals surface area (Å²) in [5.74, 6) is 0. The maximum atomic E-state index is 3.31. The van der Waals surface area contributed by atoms with Crippen LogP contribution in [0.2, 0.25) is 0 Å². The fourth-order valence-corrected chi connectivity index (χ4v) is 1.35. The van der Waals surface area contributed by atoms with Crippen LogP contribution in [0, 0.1) is 5.41 Å². The lowest BCUT2D eigenvalue weighted by Gasteiger charge is -2.21. The summed E-state index contributed by atoms with van der Waals surface area (Å²) >= 11 is 0. The average Bonchev–Trinajstić information content (AvgIpc) is 2.01. The van der Waals surface area contributed by atoms with Crippen LogP contribution in [0.3, 0.4) is 0 Å². The molecule has 0 radical (unpaired) electrons. The Labute approximate surface area is 89.3 Å². The summed E-state index contributed by atoms with van der Waals surface area (Å²) in [7, 11) is 0. The lowest BCUT2D eigenvalue weighted by Crippen LogP contribution is -2.11. The van der Waals surface area contributed by atoms with E-state index in [4.69, 9.17) is 0 Å². The predicted octanol–water partition coefficient (Wildman–Crippen LogP) is 3.88. The second-order valence-electron chi connectivity index (χ2n) is 4.92. The van der Waals surface area contributed by atoms with E-state index in [1.165, 1.54) is 16.8 Å². The molecule has 0 amide bonds. The van der Waals surface area contributed by atoms with Crippen molar-refractivity contribution in [2.24, 2.45) is 5.41 Å². The summed E-state index contributed by atoms with van der Waals surface area (Å²) in [4.78, 5) is 0. The summed E-state index contributed by atoms with van der Waals surface area (Å²) in [6.07, 6.45) is 2.23. The van der Waals surface area contributed by atoms with Crippen molar-refractivity contribution in [3.05, 3.63) is 22.9 Å². The van der Waals surface area contributed by atoms with Crippen LogP contribution in [0.1, 0.15) is 48.5 Å². The van der Waals surface area contributed by atoms with Crippen LogP contribution in [0.5, 0.6) is 0 Å². The van der Waals surface area contributed by atoms with Crippen molar-refractivity contribution in [3.8, 4) is 0 Å². The van der Waals surface area contributed by atoms with Gasteiger partial charge < -0.3 is 5.32 Å². The van der Waals surface area contributed by atoms with E-state index in [0.717, 1.165) is 6.54 Å². The van der Waals surface area contributed by atoms with Crippen LogP contribution in [-0.2, 0) is 0 Å². The number of allylic oxidation sites excluding steroid dienone is 4. The van der Waals surface area contributed by atoms with Crippen molar-refractivity contribution in [1.29, 1.82) is 0 Å². The Bertz CT molecular complexity index is 238. The van der Waals surface area contributed by atoms with E-state index >= 15 is 0 Å². The molecule has 0 aromatic heterocycles. The highest BCUT2D eigenvalue weighted by Crippen LogP contribution is 2.27.